The predicted octanol–water partition coefficient (Wildman–Crippen LogP) is 1.91. The molecule has 2 rings (SSSR count). The minimum atomic E-state index is 1.00. The van der Waals surface area contributed by atoms with Crippen molar-refractivity contribution in [3.8, 4) is 0 Å². The molecule has 0 saturated heterocycles. The van der Waals surface area contributed by atoms with Gasteiger partial charge in [0, 0.05) is 11.9 Å². The highest BCUT2D eigenvalue weighted by molar-refractivity contribution is 5.65. The highest BCUT2D eigenvalue weighted by atomic mass is 14.8. The van der Waals surface area contributed by atoms with Gasteiger partial charge in [0.05, 0.1) is 18.2 Å². The molecule has 0 fully saturated rings. The molecule has 12 heavy (non-hydrogen) atoms. The van der Waals surface area contributed by atoms with Crippen LogP contribution in [0.3, 0.4) is 0 Å². The van der Waals surface area contributed by atoms with Crippen LogP contribution in [0.5, 0.6) is 0 Å². The van der Waals surface area contributed by atoms with Crippen LogP contribution in [0.25, 0.3) is 12.2 Å². The number of H-pyrrole nitrogens is 2. The van der Waals surface area contributed by atoms with Crippen molar-refractivity contribution in [1.29, 1.82) is 0 Å². The molecule has 2 aromatic rings. The smallest absolute Gasteiger partial charge is 0.0924 e. The zero-order chi connectivity index (χ0) is 8.23. The fourth-order valence-corrected chi connectivity index (χ4v) is 0.985. The number of nitrogens with zero attached hydrogens (tertiary/aromatic N) is 1. The number of rotatable bonds is 2. The van der Waals surface area contributed by atoms with Gasteiger partial charge in [0.15, 0.2) is 0 Å². The van der Waals surface area contributed by atoms with Gasteiger partial charge >= 0.3 is 0 Å². The Kier molecular flexibility index (Phi) is 1.78. The van der Waals surface area contributed by atoms with Gasteiger partial charge in [-0.2, -0.15) is 0 Å². The highest BCUT2D eigenvalue weighted by Gasteiger charge is 1.86. The van der Waals surface area contributed by atoms with Gasteiger partial charge in [-0.1, -0.05) is 0 Å². The quantitative estimate of drug-likeness (QED) is 0.690. The van der Waals surface area contributed by atoms with Gasteiger partial charge in [0.2, 0.25) is 0 Å². The largest absolute Gasteiger partial charge is 0.362 e. The number of imidazole rings is 1. The van der Waals surface area contributed by atoms with Crippen LogP contribution in [-0.2, 0) is 0 Å². The van der Waals surface area contributed by atoms with E-state index < -0.39 is 0 Å². The van der Waals surface area contributed by atoms with Crippen LogP contribution in [0.2, 0.25) is 0 Å². The van der Waals surface area contributed by atoms with Crippen molar-refractivity contribution >= 4 is 12.2 Å². The van der Waals surface area contributed by atoms with Crippen LogP contribution in [0.1, 0.15) is 11.4 Å². The normalized spacial score (nSPS) is 11.0. The van der Waals surface area contributed by atoms with Crippen molar-refractivity contribution < 1.29 is 0 Å². The number of hydrogen-bond acceptors (Lipinski definition) is 1. The summed E-state index contributed by atoms with van der Waals surface area (Å²) in [6, 6.07) is 3.97. The zero-order valence-corrected chi connectivity index (χ0v) is 6.49. The summed E-state index contributed by atoms with van der Waals surface area (Å²) in [4.78, 5) is 9.97. The number of nitrogens with one attached hydrogen (secondary N) is 2. The van der Waals surface area contributed by atoms with Gasteiger partial charge < -0.3 is 9.97 Å². The zero-order valence-electron chi connectivity index (χ0n) is 6.49. The first-order valence-corrected chi connectivity index (χ1v) is 3.75. The van der Waals surface area contributed by atoms with E-state index in [1.54, 1.807) is 12.5 Å². The molecule has 3 nitrogen and oxygen atoms in total. The van der Waals surface area contributed by atoms with E-state index in [1.165, 1.54) is 0 Å². The summed E-state index contributed by atoms with van der Waals surface area (Å²) in [6.45, 7) is 0. The molecule has 0 aliphatic rings. The maximum atomic E-state index is 3.91. The van der Waals surface area contributed by atoms with Crippen LogP contribution >= 0.6 is 0 Å². The summed E-state index contributed by atoms with van der Waals surface area (Å²) in [6.07, 6.45) is 9.30. The Balaban J connectivity index is 2.14. The second-order valence-electron chi connectivity index (χ2n) is 2.47. The Morgan fingerprint density at radius 3 is 2.75 bits per heavy atom. The SMILES string of the molecule is C(=Cc1cnc[nH]1)c1ccc[nH]1. The lowest BCUT2D eigenvalue weighted by Gasteiger charge is -1.83. The molecule has 0 aromatic carbocycles. The van der Waals surface area contributed by atoms with E-state index in [9.17, 15) is 0 Å². The van der Waals surface area contributed by atoms with Gasteiger partial charge in [-0.05, 0) is 24.3 Å². The molecule has 0 unspecified atom stereocenters. The molecule has 0 amide bonds. The molecule has 2 aromatic heterocycles. The Morgan fingerprint density at radius 2 is 2.08 bits per heavy atom. The van der Waals surface area contributed by atoms with Gasteiger partial charge in [0.25, 0.3) is 0 Å². The van der Waals surface area contributed by atoms with Crippen LogP contribution < -0.4 is 0 Å². The first-order valence-electron chi connectivity index (χ1n) is 3.75. The number of aromatic amines is 2. The summed E-state index contributed by atoms with van der Waals surface area (Å²) < 4.78 is 0. The standard InChI is InChI=1S/C9H9N3/c1-2-8(11-5-1)3-4-9-6-10-7-12-9/h1-7,11H,(H,10,12). The van der Waals surface area contributed by atoms with Crippen molar-refractivity contribution in [3.05, 3.63) is 42.2 Å². The summed E-state index contributed by atoms with van der Waals surface area (Å²) >= 11 is 0. The minimum absolute atomic E-state index is 1.00. The molecule has 60 valence electrons. The average Bonchev–Trinajstić information content (AvgIpc) is 2.74. The first-order chi connectivity index (χ1) is 5.95. The molecule has 0 saturated carbocycles. The molecule has 0 bridgehead atoms. The lowest BCUT2D eigenvalue weighted by atomic mass is 10.3. The molecule has 0 aliphatic carbocycles. The number of hydrogen-bond donors (Lipinski definition) is 2. The van der Waals surface area contributed by atoms with E-state index >= 15 is 0 Å². The Hall–Kier alpha value is -1.77. The van der Waals surface area contributed by atoms with Crippen LogP contribution in [0.15, 0.2) is 30.9 Å². The van der Waals surface area contributed by atoms with Crippen molar-refractivity contribution in [2.24, 2.45) is 0 Å². The third-order valence-electron chi connectivity index (χ3n) is 1.58. The molecule has 3 heteroatoms. The van der Waals surface area contributed by atoms with Crippen LogP contribution in [-0.4, -0.2) is 15.0 Å². The van der Waals surface area contributed by atoms with Crippen molar-refractivity contribution in [2.75, 3.05) is 0 Å². The Bertz CT molecular complexity index is 307. The van der Waals surface area contributed by atoms with E-state index in [4.69, 9.17) is 0 Å². The molecule has 0 aliphatic heterocycles. The first kappa shape index (κ1) is 6.91. The summed E-state index contributed by atoms with van der Waals surface area (Å²) in [5.74, 6) is 0. The van der Waals surface area contributed by atoms with Crippen molar-refractivity contribution in [3.63, 3.8) is 0 Å². The van der Waals surface area contributed by atoms with Crippen molar-refractivity contribution in [1.82, 2.24) is 15.0 Å². The molecular weight excluding hydrogens is 150 g/mol. The average molecular weight is 159 g/mol. The number of aromatic nitrogens is 3. The van der Waals surface area contributed by atoms with Gasteiger partial charge in [-0.3, -0.25) is 0 Å². The van der Waals surface area contributed by atoms with E-state index in [-0.39, 0.29) is 0 Å². The van der Waals surface area contributed by atoms with Crippen molar-refractivity contribution in [2.45, 2.75) is 0 Å². The second-order valence-corrected chi connectivity index (χ2v) is 2.47. The topological polar surface area (TPSA) is 44.5 Å². The second kappa shape index (κ2) is 3.09. The molecule has 2 N–H and O–H groups in total. The van der Waals surface area contributed by atoms with E-state index in [2.05, 4.69) is 15.0 Å². The maximum Gasteiger partial charge on any atom is 0.0924 e. The highest BCUT2D eigenvalue weighted by Crippen LogP contribution is 2.02. The predicted molar refractivity (Wildman–Crippen MR) is 48.3 cm³/mol. The Morgan fingerprint density at radius 1 is 1.17 bits per heavy atom. The van der Waals surface area contributed by atoms with E-state index in [1.807, 2.05) is 30.5 Å². The fraction of sp³-hybridized carbons (Fsp3) is 0. The van der Waals surface area contributed by atoms with Gasteiger partial charge in [-0.25, -0.2) is 4.98 Å². The third kappa shape index (κ3) is 1.45. The molecule has 0 spiro atoms. The van der Waals surface area contributed by atoms with Gasteiger partial charge in [-0.15, -0.1) is 0 Å². The van der Waals surface area contributed by atoms with E-state index in [0.717, 1.165) is 11.4 Å². The molecular formula is C9H9N3. The molecule has 0 atom stereocenters. The summed E-state index contributed by atoms with van der Waals surface area (Å²) in [5, 5.41) is 0. The lowest BCUT2D eigenvalue weighted by Crippen LogP contribution is -1.69. The summed E-state index contributed by atoms with van der Waals surface area (Å²) in [5.41, 5.74) is 2.09. The van der Waals surface area contributed by atoms with Gasteiger partial charge in [0.1, 0.15) is 0 Å². The lowest BCUT2D eigenvalue weighted by molar-refractivity contribution is 1.31. The summed E-state index contributed by atoms with van der Waals surface area (Å²) in [7, 11) is 0. The monoisotopic (exact) mass is 159 g/mol. The fourth-order valence-electron chi connectivity index (χ4n) is 0.985. The molecule has 0 radical (unpaired) electrons. The minimum Gasteiger partial charge on any atom is -0.362 e. The third-order valence-corrected chi connectivity index (χ3v) is 1.58. The Labute approximate surface area is 70.2 Å². The molecule has 2 heterocycles. The van der Waals surface area contributed by atoms with Crippen LogP contribution in [0.4, 0.5) is 0 Å². The maximum absolute atomic E-state index is 3.91. The van der Waals surface area contributed by atoms with Crippen LogP contribution in [0, 0.1) is 0 Å². The van der Waals surface area contributed by atoms with E-state index in [0.29, 0.717) is 0 Å².